The van der Waals surface area contributed by atoms with Crippen LogP contribution in [-0.4, -0.2) is 33.6 Å². The van der Waals surface area contributed by atoms with Gasteiger partial charge in [-0.05, 0) is 45.7 Å². The third-order valence-electron chi connectivity index (χ3n) is 3.82. The number of hydrogen-bond acceptors (Lipinski definition) is 3. The van der Waals surface area contributed by atoms with Crippen LogP contribution in [0.25, 0.3) is 0 Å². The van der Waals surface area contributed by atoms with Crippen molar-refractivity contribution in [2.75, 3.05) is 13.1 Å². The number of rotatable bonds is 6. The third-order valence-corrected chi connectivity index (χ3v) is 3.82. The Bertz CT molecular complexity index is 380. The minimum Gasteiger partial charge on any atom is -0.389 e. The predicted octanol–water partition coefficient (Wildman–Crippen LogP) is 1.78. The van der Waals surface area contributed by atoms with Crippen LogP contribution in [-0.2, 0) is 6.54 Å². The zero-order valence-electron chi connectivity index (χ0n) is 11.6. The molecule has 1 aromatic heterocycles. The van der Waals surface area contributed by atoms with Gasteiger partial charge >= 0.3 is 0 Å². The second kappa shape index (κ2) is 5.85. The monoisotopic (exact) mass is 251 g/mol. The highest BCUT2D eigenvalue weighted by Gasteiger charge is 2.30. The maximum Gasteiger partial charge on any atom is 0.0771 e. The molecule has 0 saturated heterocycles. The van der Waals surface area contributed by atoms with E-state index in [1.807, 2.05) is 6.92 Å². The van der Waals surface area contributed by atoms with Gasteiger partial charge in [-0.3, -0.25) is 4.68 Å². The third kappa shape index (κ3) is 3.56. The van der Waals surface area contributed by atoms with Gasteiger partial charge < -0.3 is 10.4 Å². The Labute approximate surface area is 109 Å². The van der Waals surface area contributed by atoms with Gasteiger partial charge in [-0.1, -0.05) is 12.8 Å². The van der Waals surface area contributed by atoms with Crippen molar-refractivity contribution >= 4 is 0 Å². The molecule has 18 heavy (non-hydrogen) atoms. The summed E-state index contributed by atoms with van der Waals surface area (Å²) in [4.78, 5) is 0. The first-order valence-electron chi connectivity index (χ1n) is 7.03. The first kappa shape index (κ1) is 13.6. The lowest BCUT2D eigenvalue weighted by atomic mass is 10.0. The standard InChI is InChI=1S/C14H25N3O/c1-12-10-13(2)17(16-12)9-5-8-15-11-14(18)6-3-4-7-14/h10,15,18H,3-9,11H2,1-2H3. The van der Waals surface area contributed by atoms with Crippen molar-refractivity contribution in [3.63, 3.8) is 0 Å². The first-order chi connectivity index (χ1) is 8.59. The Morgan fingerprint density at radius 2 is 2.11 bits per heavy atom. The van der Waals surface area contributed by atoms with Gasteiger partial charge in [0.05, 0.1) is 11.3 Å². The summed E-state index contributed by atoms with van der Waals surface area (Å²) >= 11 is 0. The van der Waals surface area contributed by atoms with E-state index in [9.17, 15) is 5.11 Å². The van der Waals surface area contributed by atoms with Gasteiger partial charge in [0.2, 0.25) is 0 Å². The predicted molar refractivity (Wildman–Crippen MR) is 72.6 cm³/mol. The van der Waals surface area contributed by atoms with Gasteiger partial charge in [-0.15, -0.1) is 0 Å². The first-order valence-corrected chi connectivity index (χ1v) is 7.03. The largest absolute Gasteiger partial charge is 0.389 e. The summed E-state index contributed by atoms with van der Waals surface area (Å²) in [7, 11) is 0. The molecule has 1 heterocycles. The van der Waals surface area contributed by atoms with E-state index in [4.69, 9.17) is 0 Å². The fourth-order valence-corrected chi connectivity index (χ4v) is 2.79. The van der Waals surface area contributed by atoms with Crippen molar-refractivity contribution < 1.29 is 5.11 Å². The second-order valence-corrected chi connectivity index (χ2v) is 5.61. The molecule has 0 aliphatic heterocycles. The van der Waals surface area contributed by atoms with Crippen molar-refractivity contribution in [1.82, 2.24) is 15.1 Å². The molecule has 1 aromatic rings. The van der Waals surface area contributed by atoms with E-state index < -0.39 is 5.60 Å². The number of hydrogen-bond donors (Lipinski definition) is 2. The summed E-state index contributed by atoms with van der Waals surface area (Å²) in [5.74, 6) is 0. The molecule has 0 radical (unpaired) electrons. The molecule has 0 unspecified atom stereocenters. The summed E-state index contributed by atoms with van der Waals surface area (Å²) in [5, 5.41) is 18.0. The van der Waals surface area contributed by atoms with Gasteiger partial charge in [-0.25, -0.2) is 0 Å². The minimum atomic E-state index is -0.432. The Morgan fingerprint density at radius 3 is 2.72 bits per heavy atom. The Kier molecular flexibility index (Phi) is 4.40. The van der Waals surface area contributed by atoms with E-state index in [0.717, 1.165) is 44.6 Å². The number of nitrogens with one attached hydrogen (secondary N) is 1. The van der Waals surface area contributed by atoms with E-state index >= 15 is 0 Å². The molecule has 4 nitrogen and oxygen atoms in total. The van der Waals surface area contributed by atoms with Crippen molar-refractivity contribution in [2.45, 2.75) is 58.1 Å². The smallest absolute Gasteiger partial charge is 0.0771 e. The van der Waals surface area contributed by atoms with E-state index in [1.54, 1.807) is 0 Å². The maximum absolute atomic E-state index is 10.2. The van der Waals surface area contributed by atoms with Crippen LogP contribution in [0.4, 0.5) is 0 Å². The molecule has 2 N–H and O–H groups in total. The van der Waals surface area contributed by atoms with Crippen LogP contribution in [0.5, 0.6) is 0 Å². The molecule has 1 saturated carbocycles. The lowest BCUT2D eigenvalue weighted by Crippen LogP contribution is -2.38. The molecule has 0 bridgehead atoms. The molecule has 102 valence electrons. The van der Waals surface area contributed by atoms with Crippen LogP contribution in [0, 0.1) is 13.8 Å². The molecule has 0 atom stereocenters. The van der Waals surface area contributed by atoms with Gasteiger partial charge in [0.1, 0.15) is 0 Å². The lowest BCUT2D eigenvalue weighted by molar-refractivity contribution is 0.0478. The van der Waals surface area contributed by atoms with Crippen LogP contribution < -0.4 is 5.32 Å². The molecule has 0 spiro atoms. The van der Waals surface area contributed by atoms with Gasteiger partial charge in [0, 0.05) is 18.8 Å². The number of aliphatic hydroxyl groups is 1. The van der Waals surface area contributed by atoms with E-state index in [0.29, 0.717) is 0 Å². The summed E-state index contributed by atoms with van der Waals surface area (Å²) in [5.41, 5.74) is 1.88. The molecular formula is C14H25N3O. The van der Waals surface area contributed by atoms with Crippen LogP contribution in [0.2, 0.25) is 0 Å². The second-order valence-electron chi connectivity index (χ2n) is 5.61. The number of nitrogens with zero attached hydrogens (tertiary/aromatic N) is 2. The molecule has 2 rings (SSSR count). The summed E-state index contributed by atoms with van der Waals surface area (Å²) < 4.78 is 2.06. The van der Waals surface area contributed by atoms with E-state index in [1.165, 1.54) is 18.5 Å². The van der Waals surface area contributed by atoms with Gasteiger partial charge in [0.15, 0.2) is 0 Å². The lowest BCUT2D eigenvalue weighted by Gasteiger charge is -2.22. The quantitative estimate of drug-likeness (QED) is 0.758. The highest BCUT2D eigenvalue weighted by atomic mass is 16.3. The Hall–Kier alpha value is -0.870. The van der Waals surface area contributed by atoms with Gasteiger partial charge in [-0.2, -0.15) is 5.10 Å². The highest BCUT2D eigenvalue weighted by molar-refractivity contribution is 5.06. The molecule has 0 aromatic carbocycles. The van der Waals surface area contributed by atoms with Crippen LogP contribution >= 0.6 is 0 Å². The zero-order valence-corrected chi connectivity index (χ0v) is 11.6. The van der Waals surface area contributed by atoms with E-state index in [2.05, 4.69) is 28.1 Å². The molecule has 1 fully saturated rings. The average molecular weight is 251 g/mol. The van der Waals surface area contributed by atoms with Crippen LogP contribution in [0.1, 0.15) is 43.5 Å². The number of aromatic nitrogens is 2. The van der Waals surface area contributed by atoms with Gasteiger partial charge in [0.25, 0.3) is 0 Å². The number of aryl methyl sites for hydroxylation is 3. The minimum absolute atomic E-state index is 0.432. The van der Waals surface area contributed by atoms with Crippen molar-refractivity contribution in [3.8, 4) is 0 Å². The molecule has 1 aliphatic rings. The van der Waals surface area contributed by atoms with Crippen molar-refractivity contribution in [2.24, 2.45) is 0 Å². The molecule has 1 aliphatic carbocycles. The molecular weight excluding hydrogens is 226 g/mol. The zero-order chi connectivity index (χ0) is 13.0. The maximum atomic E-state index is 10.2. The SMILES string of the molecule is Cc1cc(C)n(CCCNCC2(O)CCCC2)n1. The summed E-state index contributed by atoms with van der Waals surface area (Å²) in [6, 6.07) is 2.11. The molecule has 0 amide bonds. The molecule has 4 heteroatoms. The van der Waals surface area contributed by atoms with Crippen molar-refractivity contribution in [1.29, 1.82) is 0 Å². The normalized spacial score (nSPS) is 18.4. The Morgan fingerprint density at radius 1 is 1.39 bits per heavy atom. The van der Waals surface area contributed by atoms with Crippen LogP contribution in [0.15, 0.2) is 6.07 Å². The average Bonchev–Trinajstić information content (AvgIpc) is 2.86. The van der Waals surface area contributed by atoms with Crippen molar-refractivity contribution in [3.05, 3.63) is 17.5 Å². The van der Waals surface area contributed by atoms with E-state index in [-0.39, 0.29) is 0 Å². The summed E-state index contributed by atoms with van der Waals surface area (Å²) in [6.07, 6.45) is 5.31. The summed E-state index contributed by atoms with van der Waals surface area (Å²) in [6.45, 7) is 6.75. The fraction of sp³-hybridized carbons (Fsp3) is 0.786. The van der Waals surface area contributed by atoms with Crippen LogP contribution in [0.3, 0.4) is 0 Å². The Balaban J connectivity index is 1.63. The highest BCUT2D eigenvalue weighted by Crippen LogP contribution is 2.28. The fourth-order valence-electron chi connectivity index (χ4n) is 2.79. The topological polar surface area (TPSA) is 50.1 Å².